The van der Waals surface area contributed by atoms with Gasteiger partial charge in [-0.3, -0.25) is 0 Å². The monoisotopic (exact) mass is 193 g/mol. The predicted molar refractivity (Wildman–Crippen MR) is 7.61 cm³/mol. The van der Waals surface area contributed by atoms with Crippen LogP contribution in [0.5, 0.6) is 0 Å². The van der Waals surface area contributed by atoms with Crippen molar-refractivity contribution < 1.29 is 95.7 Å². The van der Waals surface area contributed by atoms with Gasteiger partial charge in [-0.05, 0) is 0 Å². The molecule has 8 heavy (non-hydrogen) atoms. The molecule has 0 aromatic rings. The summed E-state index contributed by atoms with van der Waals surface area (Å²) < 4.78 is 8.55. The topological polar surface area (TPSA) is 86.2 Å². The molecule has 0 aliphatic heterocycles. The molecule has 0 amide bonds. The average molecular weight is 193 g/mol. The van der Waals surface area contributed by atoms with Gasteiger partial charge in [0.25, 0.3) is 0 Å². The van der Waals surface area contributed by atoms with Gasteiger partial charge in [0.1, 0.15) is 0 Å². The van der Waals surface area contributed by atoms with Gasteiger partial charge in [-0.1, -0.05) is 0 Å². The van der Waals surface area contributed by atoms with E-state index in [1.54, 1.807) is 0 Å². The molecule has 1 radical (unpaired) electrons. The largest absolute Gasteiger partial charge is 3.00 e. The molecule has 8 heteroatoms. The maximum absolute atomic E-state index is 8.55. The van der Waals surface area contributed by atoms with Gasteiger partial charge in [-0.15, -0.1) is 0 Å². The first-order valence-electron chi connectivity index (χ1n) is 0.730. The quantitative estimate of drug-likeness (QED) is 0.282. The van der Waals surface area contributed by atoms with Crippen LogP contribution in [0.4, 0.5) is 0 Å². The Balaban J connectivity index is -0.0000000267. The third-order valence-corrected chi connectivity index (χ3v) is 0. The van der Waals surface area contributed by atoms with Crippen molar-refractivity contribution in [2.24, 2.45) is 0 Å². The summed E-state index contributed by atoms with van der Waals surface area (Å²) >= 11 is 0. The molecule has 0 atom stereocenters. The minimum absolute atomic E-state index is 0. The Labute approximate surface area is 102 Å². The van der Waals surface area contributed by atoms with E-state index in [9.17, 15) is 0 Å². The standard InChI is InChI=1S/Cr.2Na.H3O4P/c;;;1-5(2,3)4/h;;;(H3,1,2,3,4)/q+3;2*+1;/p-3. The molecule has 0 unspecified atom stereocenters. The van der Waals surface area contributed by atoms with E-state index in [2.05, 4.69) is 0 Å². The van der Waals surface area contributed by atoms with E-state index >= 15 is 0 Å². The normalized spacial score (nSPS) is 7.38. The van der Waals surface area contributed by atoms with Crippen molar-refractivity contribution in [3.05, 3.63) is 0 Å². The maximum Gasteiger partial charge on any atom is 3.00 e. The van der Waals surface area contributed by atoms with Crippen molar-refractivity contribution in [1.82, 2.24) is 0 Å². The van der Waals surface area contributed by atoms with Crippen molar-refractivity contribution in [3.8, 4) is 0 Å². The van der Waals surface area contributed by atoms with Gasteiger partial charge in [0.15, 0.2) is 0 Å². The van der Waals surface area contributed by atoms with E-state index in [0.29, 0.717) is 0 Å². The summed E-state index contributed by atoms with van der Waals surface area (Å²) in [6, 6.07) is 0. The molecular weight excluding hydrogens is 193 g/mol. The SMILES string of the molecule is O=P([O-])([O-])[O-].[Cr+3].[Na+].[Na+]. The van der Waals surface area contributed by atoms with Crippen LogP contribution >= 0.6 is 7.82 Å². The van der Waals surface area contributed by atoms with Crippen molar-refractivity contribution in [1.29, 1.82) is 0 Å². The van der Waals surface area contributed by atoms with E-state index < -0.39 is 7.82 Å². The second-order valence-corrected chi connectivity index (χ2v) is 1.34. The molecule has 0 aromatic heterocycles. The van der Waals surface area contributed by atoms with Crippen LogP contribution in [0.15, 0.2) is 0 Å². The zero-order chi connectivity index (χ0) is 4.50. The fraction of sp³-hybridized carbons (Fsp3) is 0. The molecule has 0 heterocycles. The van der Waals surface area contributed by atoms with Gasteiger partial charge in [-0.25, -0.2) is 0 Å². The van der Waals surface area contributed by atoms with E-state index in [-0.39, 0.29) is 76.5 Å². The molecular formula is CrNa2O4P+2. The summed E-state index contributed by atoms with van der Waals surface area (Å²) in [5.41, 5.74) is 0. The Bertz CT molecular complexity index is 60.2. The van der Waals surface area contributed by atoms with Gasteiger partial charge < -0.3 is 19.2 Å². The Kier molecular flexibility index (Phi) is 27.0. The molecule has 4 nitrogen and oxygen atoms in total. The number of rotatable bonds is 0. The van der Waals surface area contributed by atoms with Crippen molar-refractivity contribution in [2.45, 2.75) is 0 Å². The molecule has 0 bridgehead atoms. The maximum atomic E-state index is 8.55. The number of hydrogen-bond acceptors (Lipinski definition) is 4. The summed E-state index contributed by atoms with van der Waals surface area (Å²) in [5, 5.41) is 0. The number of phosphoric acid groups is 1. The third-order valence-electron chi connectivity index (χ3n) is 0. The Morgan fingerprint density at radius 1 is 1.00 bits per heavy atom. The zero-order valence-electron chi connectivity index (χ0n) is 4.49. The molecule has 35 valence electrons. The molecule has 0 aliphatic rings. The van der Waals surface area contributed by atoms with Crippen LogP contribution in [0.3, 0.4) is 0 Å². The minimum Gasteiger partial charge on any atom is -0.822 e. The molecule has 0 rings (SSSR count). The first kappa shape index (κ1) is 22.4. The Morgan fingerprint density at radius 2 is 1.00 bits per heavy atom. The first-order chi connectivity index (χ1) is 2.00. The predicted octanol–water partition coefficient (Wildman–Crippen LogP) is -8.82. The van der Waals surface area contributed by atoms with Crippen LogP contribution in [0, 0.1) is 0 Å². The third kappa shape index (κ3) is 72.3. The molecule has 0 N–H and O–H groups in total. The van der Waals surface area contributed by atoms with E-state index in [1.165, 1.54) is 0 Å². The summed E-state index contributed by atoms with van der Waals surface area (Å²) in [5.74, 6) is 0. The smallest absolute Gasteiger partial charge is 0.822 e. The Hall–Kier alpha value is 2.64. The van der Waals surface area contributed by atoms with Gasteiger partial charge >= 0.3 is 76.5 Å². The first-order valence-corrected chi connectivity index (χ1v) is 2.19. The fourth-order valence-corrected chi connectivity index (χ4v) is 0. The van der Waals surface area contributed by atoms with E-state index in [4.69, 9.17) is 19.2 Å². The summed E-state index contributed by atoms with van der Waals surface area (Å²) in [6.07, 6.45) is 0. The van der Waals surface area contributed by atoms with E-state index in [1.807, 2.05) is 0 Å². The molecule has 0 spiro atoms. The van der Waals surface area contributed by atoms with Crippen molar-refractivity contribution in [2.75, 3.05) is 0 Å². The summed E-state index contributed by atoms with van der Waals surface area (Å²) in [6.45, 7) is 0. The van der Waals surface area contributed by atoms with Crippen LogP contribution in [-0.4, -0.2) is 0 Å². The average Bonchev–Trinajstić information content (AvgIpc) is 0.722. The van der Waals surface area contributed by atoms with Gasteiger partial charge in [0.05, 0.1) is 0 Å². The van der Waals surface area contributed by atoms with Gasteiger partial charge in [-0.2, -0.15) is 7.82 Å². The van der Waals surface area contributed by atoms with Crippen LogP contribution in [0.2, 0.25) is 0 Å². The zero-order valence-corrected chi connectivity index (χ0v) is 10.7. The van der Waals surface area contributed by atoms with E-state index in [0.717, 1.165) is 0 Å². The van der Waals surface area contributed by atoms with Crippen LogP contribution in [-0.2, 0) is 21.9 Å². The summed E-state index contributed by atoms with van der Waals surface area (Å²) in [4.78, 5) is 25.6. The van der Waals surface area contributed by atoms with Gasteiger partial charge in [0, 0.05) is 0 Å². The summed E-state index contributed by atoms with van der Waals surface area (Å²) in [7, 11) is -5.39. The second-order valence-electron chi connectivity index (χ2n) is 0.447. The second kappa shape index (κ2) is 9.64. The molecule has 0 aromatic carbocycles. The Morgan fingerprint density at radius 3 is 1.00 bits per heavy atom. The fourth-order valence-electron chi connectivity index (χ4n) is 0. The van der Waals surface area contributed by atoms with Crippen LogP contribution in [0.25, 0.3) is 0 Å². The van der Waals surface area contributed by atoms with Gasteiger partial charge in [0.2, 0.25) is 0 Å². The molecule has 0 saturated heterocycles. The van der Waals surface area contributed by atoms with Crippen molar-refractivity contribution in [3.63, 3.8) is 0 Å². The molecule has 0 aliphatic carbocycles. The van der Waals surface area contributed by atoms with Crippen LogP contribution in [0.1, 0.15) is 0 Å². The minimum atomic E-state index is -5.39. The number of hydrogen-bond donors (Lipinski definition) is 0. The van der Waals surface area contributed by atoms with Crippen molar-refractivity contribution >= 4 is 7.82 Å². The van der Waals surface area contributed by atoms with Crippen LogP contribution < -0.4 is 73.8 Å². The molecule has 0 fully saturated rings. The molecule has 0 saturated carbocycles.